The third kappa shape index (κ3) is 1.93. The lowest BCUT2D eigenvalue weighted by Crippen LogP contribution is -2.24. The topological polar surface area (TPSA) is 45.2 Å². The first-order valence-corrected chi connectivity index (χ1v) is 6.63. The highest BCUT2D eigenvalue weighted by Gasteiger charge is 2.28. The van der Waals surface area contributed by atoms with Gasteiger partial charge in [-0.15, -0.1) is 0 Å². The van der Waals surface area contributed by atoms with Crippen molar-refractivity contribution >= 4 is 17.2 Å². The summed E-state index contributed by atoms with van der Waals surface area (Å²) in [4.78, 5) is 17.9. The van der Waals surface area contributed by atoms with Crippen molar-refractivity contribution in [1.82, 2.24) is 4.98 Å². The van der Waals surface area contributed by atoms with Crippen LogP contribution < -0.4 is 10.2 Å². The summed E-state index contributed by atoms with van der Waals surface area (Å²) < 4.78 is 0. The molecule has 0 aliphatic carbocycles. The standard InChI is InChI=1S/C16H17N3O/c1-10-6-7-17-9-13(10)16-18-14-8-12(11(2)20)4-5-15(14)19(16)3/h4-9,16,18H,1-3H3. The van der Waals surface area contributed by atoms with Crippen LogP contribution in [0.25, 0.3) is 0 Å². The number of anilines is 2. The zero-order valence-corrected chi connectivity index (χ0v) is 11.8. The number of benzene rings is 1. The zero-order chi connectivity index (χ0) is 14.3. The molecule has 0 amide bonds. The molecule has 4 nitrogen and oxygen atoms in total. The van der Waals surface area contributed by atoms with Crippen LogP contribution >= 0.6 is 0 Å². The second kappa shape index (κ2) is 4.63. The number of fused-ring (bicyclic) bond motifs is 1. The van der Waals surface area contributed by atoms with Crippen molar-refractivity contribution in [3.8, 4) is 0 Å². The third-order valence-corrected chi connectivity index (χ3v) is 3.84. The van der Waals surface area contributed by atoms with E-state index in [2.05, 4.69) is 22.1 Å². The van der Waals surface area contributed by atoms with E-state index in [4.69, 9.17) is 0 Å². The van der Waals surface area contributed by atoms with Gasteiger partial charge in [-0.05, 0) is 43.7 Å². The minimum absolute atomic E-state index is 0.0564. The minimum atomic E-state index is 0.0564. The van der Waals surface area contributed by atoms with Gasteiger partial charge in [-0.3, -0.25) is 9.78 Å². The first-order chi connectivity index (χ1) is 9.58. The van der Waals surface area contributed by atoms with E-state index in [-0.39, 0.29) is 11.9 Å². The summed E-state index contributed by atoms with van der Waals surface area (Å²) >= 11 is 0. The number of nitrogens with zero attached hydrogens (tertiary/aromatic N) is 2. The molecular weight excluding hydrogens is 250 g/mol. The molecule has 4 heteroatoms. The molecule has 1 aromatic heterocycles. The van der Waals surface area contributed by atoms with E-state index in [1.807, 2.05) is 37.5 Å². The second-order valence-corrected chi connectivity index (χ2v) is 5.18. The number of rotatable bonds is 2. The summed E-state index contributed by atoms with van der Waals surface area (Å²) in [5.74, 6) is 0.0817. The van der Waals surface area contributed by atoms with Crippen molar-refractivity contribution in [2.75, 3.05) is 17.3 Å². The lowest BCUT2D eigenvalue weighted by molar-refractivity contribution is 0.101. The molecule has 3 rings (SSSR count). The molecule has 0 saturated carbocycles. The Hall–Kier alpha value is -2.36. The number of ketones is 1. The third-order valence-electron chi connectivity index (χ3n) is 3.84. The number of carbonyl (C=O) groups is 1. The van der Waals surface area contributed by atoms with E-state index in [1.54, 1.807) is 13.1 Å². The SMILES string of the molecule is CC(=O)c1ccc2c(c1)NC(c1cnccc1C)N2C. The van der Waals surface area contributed by atoms with Gasteiger partial charge >= 0.3 is 0 Å². The molecule has 1 N–H and O–H groups in total. The van der Waals surface area contributed by atoms with Gasteiger partial charge in [0.1, 0.15) is 6.17 Å². The van der Waals surface area contributed by atoms with Crippen LogP contribution in [0.2, 0.25) is 0 Å². The van der Waals surface area contributed by atoms with Crippen molar-refractivity contribution in [2.24, 2.45) is 0 Å². The number of aryl methyl sites for hydroxylation is 1. The van der Waals surface area contributed by atoms with Gasteiger partial charge in [0, 0.05) is 30.6 Å². The molecule has 1 atom stereocenters. The predicted molar refractivity (Wildman–Crippen MR) is 80.2 cm³/mol. The van der Waals surface area contributed by atoms with Crippen LogP contribution in [0.4, 0.5) is 11.4 Å². The highest BCUT2D eigenvalue weighted by molar-refractivity contribution is 5.96. The Labute approximate surface area is 118 Å². The quantitative estimate of drug-likeness (QED) is 0.849. The van der Waals surface area contributed by atoms with Crippen LogP contribution in [0.3, 0.4) is 0 Å². The number of hydrogen-bond donors (Lipinski definition) is 1. The number of nitrogens with one attached hydrogen (secondary N) is 1. The maximum absolute atomic E-state index is 11.5. The maximum Gasteiger partial charge on any atom is 0.159 e. The van der Waals surface area contributed by atoms with Gasteiger partial charge in [-0.25, -0.2) is 0 Å². The molecule has 1 aromatic carbocycles. The van der Waals surface area contributed by atoms with Gasteiger partial charge in [-0.1, -0.05) is 0 Å². The van der Waals surface area contributed by atoms with Gasteiger partial charge in [0.15, 0.2) is 5.78 Å². The van der Waals surface area contributed by atoms with Gasteiger partial charge < -0.3 is 10.2 Å². The Morgan fingerprint density at radius 1 is 1.35 bits per heavy atom. The monoisotopic (exact) mass is 267 g/mol. The molecule has 1 aliphatic rings. The lowest BCUT2D eigenvalue weighted by atomic mass is 10.1. The fourth-order valence-corrected chi connectivity index (χ4v) is 2.61. The first kappa shape index (κ1) is 12.7. The van der Waals surface area contributed by atoms with Gasteiger partial charge in [0.2, 0.25) is 0 Å². The number of pyridine rings is 1. The fourth-order valence-electron chi connectivity index (χ4n) is 2.61. The van der Waals surface area contributed by atoms with E-state index in [0.717, 1.165) is 22.5 Å². The number of hydrogen-bond acceptors (Lipinski definition) is 4. The number of aromatic nitrogens is 1. The van der Waals surface area contributed by atoms with Crippen molar-refractivity contribution in [2.45, 2.75) is 20.0 Å². The van der Waals surface area contributed by atoms with Crippen LogP contribution in [0, 0.1) is 6.92 Å². The summed E-state index contributed by atoms with van der Waals surface area (Å²) in [6, 6.07) is 7.79. The molecule has 0 spiro atoms. The highest BCUT2D eigenvalue weighted by Crippen LogP contribution is 2.40. The fraction of sp³-hybridized carbons (Fsp3) is 0.250. The van der Waals surface area contributed by atoms with Gasteiger partial charge in [0.25, 0.3) is 0 Å². The second-order valence-electron chi connectivity index (χ2n) is 5.18. The molecule has 0 bridgehead atoms. The smallest absolute Gasteiger partial charge is 0.159 e. The Morgan fingerprint density at radius 2 is 2.15 bits per heavy atom. The Kier molecular flexibility index (Phi) is 2.93. The summed E-state index contributed by atoms with van der Waals surface area (Å²) in [6.45, 7) is 3.67. The molecule has 1 aliphatic heterocycles. The molecule has 102 valence electrons. The summed E-state index contributed by atoms with van der Waals surface area (Å²) in [6.07, 6.45) is 3.75. The van der Waals surface area contributed by atoms with Crippen molar-refractivity contribution in [3.05, 3.63) is 53.3 Å². The summed E-state index contributed by atoms with van der Waals surface area (Å²) in [5, 5.41) is 3.47. The van der Waals surface area contributed by atoms with Crippen LogP contribution in [0.1, 0.15) is 34.6 Å². The molecular formula is C16H17N3O. The maximum atomic E-state index is 11.5. The molecule has 2 heterocycles. The van der Waals surface area contributed by atoms with Crippen LogP contribution in [0.5, 0.6) is 0 Å². The summed E-state index contributed by atoms with van der Waals surface area (Å²) in [7, 11) is 2.05. The van der Waals surface area contributed by atoms with Crippen molar-refractivity contribution in [3.63, 3.8) is 0 Å². The Bertz CT molecular complexity index is 681. The summed E-state index contributed by atoms with van der Waals surface area (Å²) in [5.41, 5.74) is 5.17. The average Bonchev–Trinajstić information content (AvgIpc) is 2.76. The molecule has 1 unspecified atom stereocenters. The van der Waals surface area contributed by atoms with E-state index < -0.39 is 0 Å². The van der Waals surface area contributed by atoms with Crippen LogP contribution in [-0.4, -0.2) is 17.8 Å². The largest absolute Gasteiger partial charge is 0.360 e. The van der Waals surface area contributed by atoms with Crippen molar-refractivity contribution in [1.29, 1.82) is 0 Å². The van der Waals surface area contributed by atoms with E-state index in [0.29, 0.717) is 0 Å². The normalized spacial score (nSPS) is 16.8. The number of carbonyl (C=O) groups excluding carboxylic acids is 1. The highest BCUT2D eigenvalue weighted by atomic mass is 16.1. The van der Waals surface area contributed by atoms with Crippen LogP contribution in [-0.2, 0) is 0 Å². The van der Waals surface area contributed by atoms with E-state index in [1.165, 1.54) is 5.56 Å². The molecule has 20 heavy (non-hydrogen) atoms. The Morgan fingerprint density at radius 3 is 2.85 bits per heavy atom. The zero-order valence-electron chi connectivity index (χ0n) is 11.8. The molecule has 0 radical (unpaired) electrons. The minimum Gasteiger partial charge on any atom is -0.360 e. The predicted octanol–water partition coefficient (Wildman–Crippen LogP) is 3.15. The molecule has 2 aromatic rings. The number of Topliss-reactive ketones (excluding diaryl/α,β-unsaturated/α-hetero) is 1. The van der Waals surface area contributed by atoms with Crippen molar-refractivity contribution < 1.29 is 4.79 Å². The van der Waals surface area contributed by atoms with E-state index in [9.17, 15) is 4.79 Å². The van der Waals surface area contributed by atoms with Gasteiger partial charge in [-0.2, -0.15) is 0 Å². The van der Waals surface area contributed by atoms with Gasteiger partial charge in [0.05, 0.1) is 11.4 Å². The first-order valence-electron chi connectivity index (χ1n) is 6.63. The molecule has 0 saturated heterocycles. The van der Waals surface area contributed by atoms with Crippen LogP contribution in [0.15, 0.2) is 36.7 Å². The average molecular weight is 267 g/mol. The molecule has 0 fully saturated rings. The Balaban J connectivity index is 2.00. The van der Waals surface area contributed by atoms with E-state index >= 15 is 0 Å². The lowest BCUT2D eigenvalue weighted by Gasteiger charge is -2.23.